The third-order valence-electron chi connectivity index (χ3n) is 3.46. The minimum atomic E-state index is 0.0465. The quantitative estimate of drug-likeness (QED) is 0.145. The summed E-state index contributed by atoms with van der Waals surface area (Å²) < 4.78 is 8.14. The van der Waals surface area contributed by atoms with Gasteiger partial charge in [-0.15, -0.1) is 0 Å². The lowest BCUT2D eigenvalue weighted by Gasteiger charge is -2.08. The fourth-order valence-corrected chi connectivity index (χ4v) is 3.23. The Morgan fingerprint density at radius 1 is 1.12 bits per heavy atom. The van der Waals surface area contributed by atoms with Crippen molar-refractivity contribution in [3.8, 4) is 5.75 Å². The predicted octanol–water partition coefficient (Wildman–Crippen LogP) is 7.08. The fourth-order valence-electron chi connectivity index (χ4n) is 2.03. The summed E-state index contributed by atoms with van der Waals surface area (Å²) in [6.07, 6.45) is 7.55. The van der Waals surface area contributed by atoms with Crippen molar-refractivity contribution in [3.05, 3.63) is 69.3 Å². The van der Waals surface area contributed by atoms with Crippen molar-refractivity contribution in [1.29, 1.82) is 0 Å². The van der Waals surface area contributed by atoms with Crippen molar-refractivity contribution in [2.24, 2.45) is 0 Å². The van der Waals surface area contributed by atoms with E-state index in [1.165, 1.54) is 23.7 Å². The number of ether oxygens (including phenoxy) is 1. The number of unbranched alkanes of at least 4 members (excludes halogenated alkanes) is 2. The van der Waals surface area contributed by atoms with Crippen molar-refractivity contribution in [1.82, 2.24) is 0 Å². The predicted molar refractivity (Wildman–Crippen MR) is 128 cm³/mol. The lowest BCUT2D eigenvalue weighted by Crippen LogP contribution is -1.95. The highest BCUT2D eigenvalue weighted by Gasteiger charge is 2.01. The molecular weight excluding hydrogens is 550 g/mol. The summed E-state index contributed by atoms with van der Waals surface area (Å²) in [4.78, 5) is 10.9. The number of hydrogen-bond donors (Lipinski definition) is 0. The monoisotopic (exact) mass is 576 g/mol. The molecular formula is C22H26I2O2. The molecule has 0 atom stereocenters. The minimum Gasteiger partial charge on any atom is -0.489 e. The van der Waals surface area contributed by atoms with E-state index in [2.05, 4.69) is 52.1 Å². The fraction of sp³-hybridized carbons (Fsp3) is 0.318. The summed E-state index contributed by atoms with van der Waals surface area (Å²) in [5, 5.41) is 0. The molecule has 0 saturated heterocycles. The first-order valence-electron chi connectivity index (χ1n) is 8.77. The van der Waals surface area contributed by atoms with Crippen LogP contribution in [0.3, 0.4) is 0 Å². The Morgan fingerprint density at radius 2 is 1.85 bits per heavy atom. The molecule has 0 aromatic heterocycles. The summed E-state index contributed by atoms with van der Waals surface area (Å²) in [5.41, 5.74) is 2.16. The van der Waals surface area contributed by atoms with Crippen molar-refractivity contribution >= 4 is 57.0 Å². The van der Waals surface area contributed by atoms with Gasteiger partial charge in [0.25, 0.3) is 0 Å². The van der Waals surface area contributed by atoms with Gasteiger partial charge in [0, 0.05) is 3.57 Å². The molecule has 0 aliphatic heterocycles. The van der Waals surface area contributed by atoms with Crippen LogP contribution in [-0.4, -0.2) is 10.2 Å². The van der Waals surface area contributed by atoms with E-state index >= 15 is 0 Å². The molecule has 0 heterocycles. The molecule has 0 fully saturated rings. The molecule has 4 heteroatoms. The maximum atomic E-state index is 10.9. The van der Waals surface area contributed by atoms with Crippen LogP contribution in [0.15, 0.2) is 54.6 Å². The Labute approximate surface area is 184 Å². The van der Waals surface area contributed by atoms with E-state index in [0.717, 1.165) is 20.4 Å². The second-order valence-corrected chi connectivity index (χ2v) is 8.04. The van der Waals surface area contributed by atoms with Crippen molar-refractivity contribution in [2.45, 2.75) is 39.7 Å². The van der Waals surface area contributed by atoms with Gasteiger partial charge in [0.05, 0.1) is 0 Å². The van der Waals surface area contributed by atoms with E-state index in [1.807, 2.05) is 54.6 Å². The van der Waals surface area contributed by atoms with Crippen LogP contribution < -0.4 is 4.74 Å². The Morgan fingerprint density at radius 3 is 2.38 bits per heavy atom. The molecule has 2 rings (SSSR count). The number of allylic oxidation sites excluding steroid dienone is 1. The highest BCUT2D eigenvalue weighted by atomic mass is 127. The van der Waals surface area contributed by atoms with Crippen LogP contribution in [0, 0.1) is 3.57 Å². The Kier molecular flexibility index (Phi) is 12.6. The number of alkyl halides is 1. The third kappa shape index (κ3) is 10.3. The largest absolute Gasteiger partial charge is 0.489 e. The average Bonchev–Trinajstić information content (AvgIpc) is 2.65. The van der Waals surface area contributed by atoms with Gasteiger partial charge in [-0.05, 0) is 69.7 Å². The van der Waals surface area contributed by atoms with Crippen LogP contribution in [0.4, 0.5) is 0 Å². The lowest BCUT2D eigenvalue weighted by molar-refractivity contribution is -0.112. The van der Waals surface area contributed by atoms with Gasteiger partial charge in [-0.25, -0.2) is 0 Å². The summed E-state index contributed by atoms with van der Waals surface area (Å²) in [7, 11) is 0. The number of carbonyl (C=O) groups excluding carboxylic acids is 1. The second kappa shape index (κ2) is 14.2. The van der Waals surface area contributed by atoms with Gasteiger partial charge in [-0.3, -0.25) is 4.79 Å². The molecule has 140 valence electrons. The van der Waals surface area contributed by atoms with E-state index < -0.39 is 0 Å². The zero-order valence-electron chi connectivity index (χ0n) is 15.4. The normalized spacial score (nSPS) is 10.3. The van der Waals surface area contributed by atoms with Crippen LogP contribution in [-0.2, 0) is 11.4 Å². The molecule has 0 aliphatic carbocycles. The molecule has 26 heavy (non-hydrogen) atoms. The molecule has 2 aromatic rings. The maximum Gasteiger partial charge on any atom is 0.152 e. The summed E-state index contributed by atoms with van der Waals surface area (Å²) in [5.74, 6) is 0.878. The number of carbonyl (C=O) groups is 1. The number of halogens is 2. The van der Waals surface area contributed by atoms with Gasteiger partial charge in [0.2, 0.25) is 0 Å². The molecule has 2 aromatic carbocycles. The smallest absolute Gasteiger partial charge is 0.152 e. The third-order valence-corrected chi connectivity index (χ3v) is 5.15. The van der Waals surface area contributed by atoms with E-state index in [1.54, 1.807) is 13.0 Å². The Hall–Kier alpha value is -0.890. The minimum absolute atomic E-state index is 0.0465. The summed E-state index contributed by atoms with van der Waals surface area (Å²) in [6, 6.07) is 15.9. The van der Waals surface area contributed by atoms with Crippen molar-refractivity contribution < 1.29 is 9.53 Å². The SMILES string of the molecule is CC(=O)/C=C/c1ccc(OCc2ccccc2)cc1I.CCCCCI. The van der Waals surface area contributed by atoms with Crippen LogP contribution in [0.1, 0.15) is 44.2 Å². The van der Waals surface area contributed by atoms with Gasteiger partial charge in [-0.1, -0.05) is 84.8 Å². The van der Waals surface area contributed by atoms with Crippen LogP contribution in [0.5, 0.6) is 5.75 Å². The molecule has 2 nitrogen and oxygen atoms in total. The maximum absolute atomic E-state index is 10.9. The zero-order chi connectivity index (χ0) is 19.2. The highest BCUT2D eigenvalue weighted by molar-refractivity contribution is 14.1. The topological polar surface area (TPSA) is 26.3 Å². The van der Waals surface area contributed by atoms with Gasteiger partial charge in [0.1, 0.15) is 12.4 Å². The standard InChI is InChI=1S/C17H15IO2.C5H11I/c1-13(19)7-8-15-9-10-16(11-17(15)18)20-12-14-5-3-2-4-6-14;1-2-3-4-5-6/h2-11H,12H2,1H3;2-5H2,1H3/b8-7+;. The van der Waals surface area contributed by atoms with Gasteiger partial charge in [0.15, 0.2) is 5.78 Å². The van der Waals surface area contributed by atoms with Gasteiger partial charge >= 0.3 is 0 Å². The molecule has 0 aliphatic rings. The van der Waals surface area contributed by atoms with Crippen LogP contribution in [0.2, 0.25) is 0 Å². The first-order chi connectivity index (χ1) is 12.6. The van der Waals surface area contributed by atoms with Crippen LogP contribution >= 0.6 is 45.2 Å². The van der Waals surface area contributed by atoms with E-state index in [-0.39, 0.29) is 5.78 Å². The molecule has 0 saturated carbocycles. The van der Waals surface area contributed by atoms with Gasteiger partial charge in [-0.2, -0.15) is 0 Å². The van der Waals surface area contributed by atoms with E-state index in [0.29, 0.717) is 6.61 Å². The Bertz CT molecular complexity index is 678. The van der Waals surface area contributed by atoms with Crippen LogP contribution in [0.25, 0.3) is 6.08 Å². The first kappa shape index (κ1) is 23.1. The Balaban J connectivity index is 0.000000487. The number of rotatable bonds is 8. The molecule has 0 unspecified atom stereocenters. The second-order valence-electron chi connectivity index (χ2n) is 5.80. The van der Waals surface area contributed by atoms with Gasteiger partial charge < -0.3 is 4.74 Å². The van der Waals surface area contributed by atoms with E-state index in [4.69, 9.17) is 4.74 Å². The zero-order valence-corrected chi connectivity index (χ0v) is 19.7. The number of ketones is 1. The van der Waals surface area contributed by atoms with Crippen molar-refractivity contribution in [3.63, 3.8) is 0 Å². The summed E-state index contributed by atoms with van der Waals surface area (Å²) in [6.45, 7) is 4.33. The first-order valence-corrected chi connectivity index (χ1v) is 11.4. The number of hydrogen-bond acceptors (Lipinski definition) is 2. The highest BCUT2D eigenvalue weighted by Crippen LogP contribution is 2.21. The van der Waals surface area contributed by atoms with Crippen molar-refractivity contribution in [2.75, 3.05) is 4.43 Å². The molecule has 0 spiro atoms. The molecule has 0 bridgehead atoms. The lowest BCUT2D eigenvalue weighted by atomic mass is 10.2. The molecule has 0 amide bonds. The van der Waals surface area contributed by atoms with E-state index in [9.17, 15) is 4.79 Å². The molecule has 0 radical (unpaired) electrons. The number of benzene rings is 2. The average molecular weight is 576 g/mol. The molecule has 0 N–H and O–H groups in total. The summed E-state index contributed by atoms with van der Waals surface area (Å²) >= 11 is 4.66.